The number of benzene rings is 2. The molecule has 0 saturated carbocycles. The Balaban J connectivity index is 2.06. The maximum atomic E-state index is 11.3. The topological polar surface area (TPSA) is 94.0 Å². The Kier molecular flexibility index (Phi) is 3.16. The lowest BCUT2D eigenvalue weighted by Crippen LogP contribution is -2.11. The van der Waals surface area contributed by atoms with Crippen LogP contribution in [-0.4, -0.2) is 10.9 Å². The molecule has 0 aliphatic heterocycles. The van der Waals surface area contributed by atoms with E-state index in [1.165, 1.54) is 0 Å². The third-order valence-corrected chi connectivity index (χ3v) is 3.29. The molecule has 104 valence electrons. The van der Waals surface area contributed by atoms with Gasteiger partial charge in [-0.15, -0.1) is 0 Å². The summed E-state index contributed by atoms with van der Waals surface area (Å²) in [5, 5.41) is 5.28. The molecule has 0 radical (unpaired) electrons. The van der Waals surface area contributed by atoms with Crippen LogP contribution in [0.25, 0.3) is 10.8 Å². The Labute approximate surface area is 121 Å². The molecule has 0 atom stereocenters. The molecular formula is C16H14N4O. The summed E-state index contributed by atoms with van der Waals surface area (Å²) in [6, 6.07) is 12.7. The van der Waals surface area contributed by atoms with E-state index in [0.29, 0.717) is 16.9 Å². The monoisotopic (exact) mass is 278 g/mol. The Bertz CT molecular complexity index is 824. The van der Waals surface area contributed by atoms with E-state index in [4.69, 9.17) is 11.5 Å². The molecule has 0 bridgehead atoms. The maximum Gasteiger partial charge on any atom is 0.248 e. The molecule has 0 fully saturated rings. The molecule has 1 heterocycles. The second kappa shape index (κ2) is 5.13. The quantitative estimate of drug-likeness (QED) is 0.642. The van der Waals surface area contributed by atoms with Gasteiger partial charge in [0.1, 0.15) is 0 Å². The van der Waals surface area contributed by atoms with Gasteiger partial charge in [-0.05, 0) is 35.7 Å². The van der Waals surface area contributed by atoms with Gasteiger partial charge in [0, 0.05) is 29.0 Å². The number of nitrogens with zero attached hydrogens (tertiary/aromatic N) is 1. The Hall–Kier alpha value is -3.08. The molecule has 3 rings (SSSR count). The Morgan fingerprint density at radius 3 is 2.76 bits per heavy atom. The summed E-state index contributed by atoms with van der Waals surface area (Å²) in [4.78, 5) is 15.4. The Morgan fingerprint density at radius 2 is 1.95 bits per heavy atom. The van der Waals surface area contributed by atoms with Crippen molar-refractivity contribution in [2.75, 3.05) is 11.1 Å². The van der Waals surface area contributed by atoms with Crippen LogP contribution < -0.4 is 16.8 Å². The van der Waals surface area contributed by atoms with Crippen LogP contribution in [-0.2, 0) is 0 Å². The molecule has 5 heteroatoms. The molecule has 0 spiro atoms. The minimum absolute atomic E-state index is 0.407. The first-order chi connectivity index (χ1) is 10.1. The predicted molar refractivity (Wildman–Crippen MR) is 84.4 cm³/mol. The van der Waals surface area contributed by atoms with E-state index in [9.17, 15) is 4.79 Å². The first-order valence-electron chi connectivity index (χ1n) is 6.44. The number of primary amides is 1. The van der Waals surface area contributed by atoms with Crippen LogP contribution in [0.15, 0.2) is 54.9 Å². The fraction of sp³-hybridized carbons (Fsp3) is 0. The van der Waals surface area contributed by atoms with E-state index in [1.54, 1.807) is 30.6 Å². The summed E-state index contributed by atoms with van der Waals surface area (Å²) < 4.78 is 0. The van der Waals surface area contributed by atoms with Crippen LogP contribution in [0.2, 0.25) is 0 Å². The van der Waals surface area contributed by atoms with E-state index >= 15 is 0 Å². The number of carbonyl (C=O) groups excluding carboxylic acids is 1. The number of aromatic nitrogens is 1. The summed E-state index contributed by atoms with van der Waals surface area (Å²) in [5.74, 6) is -0.488. The highest BCUT2D eigenvalue weighted by atomic mass is 16.1. The molecule has 21 heavy (non-hydrogen) atoms. The van der Waals surface area contributed by atoms with Crippen LogP contribution >= 0.6 is 0 Å². The predicted octanol–water partition coefficient (Wildman–Crippen LogP) is 2.66. The molecule has 1 aromatic heterocycles. The number of nitrogens with two attached hydrogens (primary N) is 2. The second-order valence-corrected chi connectivity index (χ2v) is 4.69. The van der Waals surface area contributed by atoms with Gasteiger partial charge in [0.2, 0.25) is 5.91 Å². The van der Waals surface area contributed by atoms with E-state index in [-0.39, 0.29) is 0 Å². The highest BCUT2D eigenvalue weighted by molar-refractivity contribution is 5.98. The molecule has 1 amide bonds. The lowest BCUT2D eigenvalue weighted by atomic mass is 10.1. The van der Waals surface area contributed by atoms with Crippen LogP contribution in [0.4, 0.5) is 17.1 Å². The number of fused-ring (bicyclic) bond motifs is 1. The molecule has 2 aromatic carbocycles. The highest BCUT2D eigenvalue weighted by Gasteiger charge is 2.07. The van der Waals surface area contributed by atoms with Crippen molar-refractivity contribution in [1.82, 2.24) is 4.98 Å². The minimum Gasteiger partial charge on any atom is -0.397 e. The fourth-order valence-corrected chi connectivity index (χ4v) is 2.19. The highest BCUT2D eigenvalue weighted by Crippen LogP contribution is 2.29. The van der Waals surface area contributed by atoms with Gasteiger partial charge in [-0.2, -0.15) is 0 Å². The summed E-state index contributed by atoms with van der Waals surface area (Å²) in [6.07, 6.45) is 3.53. The van der Waals surface area contributed by atoms with Gasteiger partial charge in [0.25, 0.3) is 0 Å². The molecule has 0 unspecified atom stereocenters. The molecule has 5 nitrogen and oxygen atoms in total. The third kappa shape index (κ3) is 2.49. The minimum atomic E-state index is -0.488. The van der Waals surface area contributed by atoms with E-state index in [0.717, 1.165) is 16.5 Å². The Morgan fingerprint density at radius 1 is 1.10 bits per heavy atom. The van der Waals surface area contributed by atoms with Crippen molar-refractivity contribution in [2.24, 2.45) is 5.73 Å². The largest absolute Gasteiger partial charge is 0.397 e. The van der Waals surface area contributed by atoms with Crippen molar-refractivity contribution in [3.8, 4) is 0 Å². The van der Waals surface area contributed by atoms with Gasteiger partial charge in [-0.25, -0.2) is 0 Å². The molecule has 0 saturated heterocycles. The van der Waals surface area contributed by atoms with Gasteiger partial charge in [-0.3, -0.25) is 9.78 Å². The van der Waals surface area contributed by atoms with Gasteiger partial charge < -0.3 is 16.8 Å². The van der Waals surface area contributed by atoms with Crippen LogP contribution in [0.5, 0.6) is 0 Å². The molecule has 0 aliphatic rings. The zero-order valence-electron chi connectivity index (χ0n) is 11.2. The van der Waals surface area contributed by atoms with E-state index in [2.05, 4.69) is 10.3 Å². The summed E-state index contributed by atoms with van der Waals surface area (Å²) in [6.45, 7) is 0. The van der Waals surface area contributed by atoms with Crippen molar-refractivity contribution < 1.29 is 4.79 Å². The van der Waals surface area contributed by atoms with Crippen LogP contribution in [0.3, 0.4) is 0 Å². The van der Waals surface area contributed by atoms with Crippen LogP contribution in [0.1, 0.15) is 10.4 Å². The van der Waals surface area contributed by atoms with Crippen molar-refractivity contribution in [3.63, 3.8) is 0 Å². The van der Waals surface area contributed by atoms with E-state index in [1.807, 2.05) is 24.3 Å². The van der Waals surface area contributed by atoms with Gasteiger partial charge in [0.05, 0.1) is 11.4 Å². The normalized spacial score (nSPS) is 10.5. The lowest BCUT2D eigenvalue weighted by molar-refractivity contribution is 0.100. The fourth-order valence-electron chi connectivity index (χ4n) is 2.19. The number of nitrogen functional groups attached to an aromatic ring is 1. The van der Waals surface area contributed by atoms with Gasteiger partial charge in [-0.1, -0.05) is 12.1 Å². The third-order valence-electron chi connectivity index (χ3n) is 3.29. The first kappa shape index (κ1) is 12.9. The number of rotatable bonds is 3. The van der Waals surface area contributed by atoms with Crippen molar-refractivity contribution in [3.05, 3.63) is 60.4 Å². The maximum absolute atomic E-state index is 11.3. The second-order valence-electron chi connectivity index (χ2n) is 4.69. The van der Waals surface area contributed by atoms with Crippen molar-refractivity contribution in [2.45, 2.75) is 0 Å². The number of carbonyl (C=O) groups is 1. The summed E-state index contributed by atoms with van der Waals surface area (Å²) in [7, 11) is 0. The average Bonchev–Trinajstić information content (AvgIpc) is 2.49. The first-order valence-corrected chi connectivity index (χ1v) is 6.44. The zero-order valence-corrected chi connectivity index (χ0v) is 11.2. The van der Waals surface area contributed by atoms with Crippen molar-refractivity contribution in [1.29, 1.82) is 0 Å². The summed E-state index contributed by atoms with van der Waals surface area (Å²) >= 11 is 0. The number of anilines is 3. The summed E-state index contributed by atoms with van der Waals surface area (Å²) in [5.41, 5.74) is 13.7. The SMILES string of the molecule is NC(=O)c1ccc(N)c(Nc2cccc3ccncc23)c1. The molecule has 0 aliphatic carbocycles. The molecule has 5 N–H and O–H groups in total. The number of hydrogen-bond donors (Lipinski definition) is 3. The number of nitrogens with one attached hydrogen (secondary N) is 1. The number of amides is 1. The van der Waals surface area contributed by atoms with Gasteiger partial charge >= 0.3 is 0 Å². The van der Waals surface area contributed by atoms with Gasteiger partial charge in [0.15, 0.2) is 0 Å². The molecule has 3 aromatic rings. The number of pyridine rings is 1. The zero-order chi connectivity index (χ0) is 14.8. The smallest absolute Gasteiger partial charge is 0.248 e. The molecular weight excluding hydrogens is 264 g/mol. The standard InChI is InChI=1S/C16H14N4O/c17-13-5-4-11(16(18)21)8-15(13)20-14-3-1-2-10-6-7-19-9-12(10)14/h1-9,20H,17H2,(H2,18,21). The average molecular weight is 278 g/mol. The van der Waals surface area contributed by atoms with Crippen LogP contribution in [0, 0.1) is 0 Å². The lowest BCUT2D eigenvalue weighted by Gasteiger charge is -2.12. The van der Waals surface area contributed by atoms with E-state index < -0.39 is 5.91 Å². The number of hydrogen-bond acceptors (Lipinski definition) is 4. The van der Waals surface area contributed by atoms with Crippen molar-refractivity contribution >= 4 is 33.7 Å².